The van der Waals surface area contributed by atoms with Gasteiger partial charge in [0.2, 0.25) is 0 Å². The predicted molar refractivity (Wildman–Crippen MR) is 68.9 cm³/mol. The molecule has 1 N–H and O–H groups in total. The number of nitrogens with zero attached hydrogens (tertiary/aromatic N) is 3. The van der Waals surface area contributed by atoms with Gasteiger partial charge in [0.25, 0.3) is 0 Å². The standard InChI is InChI=1S/C14H15FN4/c15-11-3-1-2-9(4-11)13-8-19(18-17-13)14-7-16-6-10-5-12(10)14/h1-4,8,10,12,14,16H,5-7H2/t10-,12-,14-/m0/s1. The summed E-state index contributed by atoms with van der Waals surface area (Å²) in [4.78, 5) is 0. The molecule has 0 unspecified atom stereocenters. The number of rotatable bonds is 2. The van der Waals surface area contributed by atoms with Crippen LogP contribution in [0.25, 0.3) is 11.3 Å². The van der Waals surface area contributed by atoms with Gasteiger partial charge in [0.15, 0.2) is 0 Å². The van der Waals surface area contributed by atoms with Crippen molar-refractivity contribution in [2.45, 2.75) is 12.5 Å². The molecule has 0 amide bonds. The molecule has 1 saturated carbocycles. The highest BCUT2D eigenvalue weighted by Crippen LogP contribution is 2.47. The number of nitrogens with one attached hydrogen (secondary N) is 1. The van der Waals surface area contributed by atoms with E-state index in [-0.39, 0.29) is 5.82 Å². The van der Waals surface area contributed by atoms with Gasteiger partial charge in [0.1, 0.15) is 11.5 Å². The molecular weight excluding hydrogens is 243 g/mol. The SMILES string of the molecule is Fc1cccc(-c2cn([C@H]3CNC[C@@H]4C[C@@H]43)nn2)c1. The summed E-state index contributed by atoms with van der Waals surface area (Å²) in [7, 11) is 0. The van der Waals surface area contributed by atoms with Crippen LogP contribution in [-0.2, 0) is 0 Å². The molecule has 0 bridgehead atoms. The van der Waals surface area contributed by atoms with Crippen molar-refractivity contribution in [3.63, 3.8) is 0 Å². The van der Waals surface area contributed by atoms with Gasteiger partial charge in [-0.15, -0.1) is 5.10 Å². The summed E-state index contributed by atoms with van der Waals surface area (Å²) in [5, 5.41) is 11.8. The van der Waals surface area contributed by atoms with E-state index in [9.17, 15) is 4.39 Å². The molecule has 2 heterocycles. The molecule has 1 aromatic heterocycles. The lowest BCUT2D eigenvalue weighted by Crippen LogP contribution is -2.34. The predicted octanol–water partition coefficient (Wildman–Crippen LogP) is 1.86. The highest BCUT2D eigenvalue weighted by atomic mass is 19.1. The zero-order chi connectivity index (χ0) is 12.8. The molecule has 98 valence electrons. The van der Waals surface area contributed by atoms with Crippen LogP contribution < -0.4 is 5.32 Å². The Hall–Kier alpha value is -1.75. The number of fused-ring (bicyclic) bond motifs is 1. The van der Waals surface area contributed by atoms with Crippen molar-refractivity contribution in [1.82, 2.24) is 20.3 Å². The van der Waals surface area contributed by atoms with Gasteiger partial charge in [-0.2, -0.15) is 0 Å². The summed E-state index contributed by atoms with van der Waals surface area (Å²) < 4.78 is 15.2. The van der Waals surface area contributed by atoms with Gasteiger partial charge in [-0.25, -0.2) is 9.07 Å². The van der Waals surface area contributed by atoms with Crippen LogP contribution in [0.2, 0.25) is 0 Å². The van der Waals surface area contributed by atoms with E-state index in [1.54, 1.807) is 6.07 Å². The molecule has 2 fully saturated rings. The first kappa shape index (κ1) is 11.1. The Bertz CT molecular complexity index is 609. The van der Waals surface area contributed by atoms with Gasteiger partial charge in [0, 0.05) is 12.1 Å². The second-order valence-electron chi connectivity index (χ2n) is 5.48. The van der Waals surface area contributed by atoms with Crippen molar-refractivity contribution in [2.75, 3.05) is 13.1 Å². The van der Waals surface area contributed by atoms with Crippen LogP contribution in [0.3, 0.4) is 0 Å². The molecule has 4 rings (SSSR count). The first-order valence-electron chi connectivity index (χ1n) is 6.70. The third-order valence-corrected chi connectivity index (χ3v) is 4.20. The van der Waals surface area contributed by atoms with Gasteiger partial charge >= 0.3 is 0 Å². The molecule has 0 spiro atoms. The summed E-state index contributed by atoms with van der Waals surface area (Å²) in [5.41, 5.74) is 1.52. The molecule has 3 atom stereocenters. The molecule has 1 aliphatic heterocycles. The molecule has 2 aliphatic rings. The zero-order valence-corrected chi connectivity index (χ0v) is 10.5. The molecule has 0 radical (unpaired) electrons. The second kappa shape index (κ2) is 4.13. The van der Waals surface area contributed by atoms with E-state index in [1.807, 2.05) is 16.9 Å². The number of halogens is 1. The van der Waals surface area contributed by atoms with Crippen molar-refractivity contribution in [3.05, 3.63) is 36.3 Å². The van der Waals surface area contributed by atoms with Crippen molar-refractivity contribution in [2.24, 2.45) is 11.8 Å². The molecule has 1 aromatic carbocycles. The minimum absolute atomic E-state index is 0.242. The maximum absolute atomic E-state index is 13.2. The van der Waals surface area contributed by atoms with E-state index in [2.05, 4.69) is 15.6 Å². The normalized spacial score (nSPS) is 29.0. The van der Waals surface area contributed by atoms with E-state index >= 15 is 0 Å². The van der Waals surface area contributed by atoms with E-state index < -0.39 is 0 Å². The summed E-state index contributed by atoms with van der Waals surface area (Å²) in [6.45, 7) is 2.08. The lowest BCUT2D eigenvalue weighted by Gasteiger charge is -2.21. The monoisotopic (exact) mass is 258 g/mol. The lowest BCUT2D eigenvalue weighted by atomic mass is 10.1. The average molecular weight is 258 g/mol. The van der Waals surface area contributed by atoms with Crippen LogP contribution in [0, 0.1) is 17.7 Å². The van der Waals surface area contributed by atoms with Gasteiger partial charge in [-0.05, 0) is 36.9 Å². The number of aromatic nitrogens is 3. The largest absolute Gasteiger partial charge is 0.314 e. The van der Waals surface area contributed by atoms with Crippen molar-refractivity contribution >= 4 is 0 Å². The number of hydrogen-bond acceptors (Lipinski definition) is 3. The summed E-state index contributed by atoms with van der Waals surface area (Å²) >= 11 is 0. The lowest BCUT2D eigenvalue weighted by molar-refractivity contribution is 0.321. The highest BCUT2D eigenvalue weighted by Gasteiger charge is 2.46. The maximum atomic E-state index is 13.2. The van der Waals surface area contributed by atoms with Crippen molar-refractivity contribution < 1.29 is 4.39 Å². The number of hydrogen-bond donors (Lipinski definition) is 1. The Kier molecular flexibility index (Phi) is 2.41. The topological polar surface area (TPSA) is 42.7 Å². The molecule has 2 aromatic rings. The molecule has 1 aliphatic carbocycles. The second-order valence-corrected chi connectivity index (χ2v) is 5.48. The molecule has 19 heavy (non-hydrogen) atoms. The first-order chi connectivity index (χ1) is 9.31. The fourth-order valence-electron chi connectivity index (χ4n) is 3.05. The molecule has 1 saturated heterocycles. The van der Waals surface area contributed by atoms with Crippen molar-refractivity contribution in [3.8, 4) is 11.3 Å². The van der Waals surface area contributed by atoms with Gasteiger partial charge in [0.05, 0.1) is 12.2 Å². The average Bonchev–Trinajstić information content (AvgIpc) is 3.06. The van der Waals surface area contributed by atoms with E-state index in [4.69, 9.17) is 0 Å². The van der Waals surface area contributed by atoms with Crippen LogP contribution in [0.4, 0.5) is 4.39 Å². The van der Waals surface area contributed by atoms with Crippen LogP contribution in [0.1, 0.15) is 12.5 Å². The Morgan fingerprint density at radius 2 is 2.26 bits per heavy atom. The maximum Gasteiger partial charge on any atom is 0.123 e. The number of piperidine rings is 1. The molecular formula is C14H15FN4. The fraction of sp³-hybridized carbons (Fsp3) is 0.429. The summed E-state index contributed by atoms with van der Waals surface area (Å²) in [6.07, 6.45) is 3.22. The van der Waals surface area contributed by atoms with Crippen LogP contribution in [0.5, 0.6) is 0 Å². The van der Waals surface area contributed by atoms with E-state index in [0.29, 0.717) is 6.04 Å². The Balaban J connectivity index is 1.62. The summed E-state index contributed by atoms with van der Waals surface area (Å²) in [5.74, 6) is 1.30. The third kappa shape index (κ3) is 1.94. The molecule has 5 heteroatoms. The molecule has 4 nitrogen and oxygen atoms in total. The quantitative estimate of drug-likeness (QED) is 0.894. The van der Waals surface area contributed by atoms with Crippen LogP contribution >= 0.6 is 0 Å². The van der Waals surface area contributed by atoms with E-state index in [0.717, 1.165) is 36.2 Å². The minimum Gasteiger partial charge on any atom is -0.314 e. The fourth-order valence-corrected chi connectivity index (χ4v) is 3.05. The Morgan fingerprint density at radius 1 is 1.32 bits per heavy atom. The van der Waals surface area contributed by atoms with E-state index in [1.165, 1.54) is 18.6 Å². The van der Waals surface area contributed by atoms with Crippen molar-refractivity contribution in [1.29, 1.82) is 0 Å². The third-order valence-electron chi connectivity index (χ3n) is 4.20. The zero-order valence-electron chi connectivity index (χ0n) is 10.5. The smallest absolute Gasteiger partial charge is 0.123 e. The highest BCUT2D eigenvalue weighted by molar-refractivity contribution is 5.57. The Labute approximate surface area is 110 Å². The Morgan fingerprint density at radius 3 is 3.16 bits per heavy atom. The minimum atomic E-state index is -0.242. The number of benzene rings is 1. The van der Waals surface area contributed by atoms with Gasteiger partial charge in [-0.3, -0.25) is 0 Å². The van der Waals surface area contributed by atoms with Gasteiger partial charge in [-0.1, -0.05) is 17.3 Å². The first-order valence-corrected chi connectivity index (χ1v) is 6.70. The van der Waals surface area contributed by atoms with Gasteiger partial charge < -0.3 is 5.32 Å². The van der Waals surface area contributed by atoms with Crippen LogP contribution in [-0.4, -0.2) is 28.1 Å². The van der Waals surface area contributed by atoms with Crippen LogP contribution in [0.15, 0.2) is 30.5 Å². The summed E-state index contributed by atoms with van der Waals surface area (Å²) in [6, 6.07) is 6.88.